The molecule has 1 aliphatic carbocycles. The zero-order chi connectivity index (χ0) is 19.0. The van der Waals surface area contributed by atoms with Crippen molar-refractivity contribution in [2.45, 2.75) is 38.6 Å². The molecule has 0 aliphatic heterocycles. The van der Waals surface area contributed by atoms with Crippen molar-refractivity contribution in [3.05, 3.63) is 64.7 Å². The van der Waals surface area contributed by atoms with E-state index in [1.165, 1.54) is 30.7 Å². The van der Waals surface area contributed by atoms with E-state index in [1.807, 2.05) is 6.92 Å². The third-order valence-corrected chi connectivity index (χ3v) is 5.27. The zero-order valence-electron chi connectivity index (χ0n) is 15.5. The van der Waals surface area contributed by atoms with Gasteiger partial charge in [-0.15, -0.1) is 0 Å². The number of furan rings is 1. The zero-order valence-corrected chi connectivity index (χ0v) is 15.5. The smallest absolute Gasteiger partial charge is 0.225 e. The van der Waals surface area contributed by atoms with Gasteiger partial charge in [-0.3, -0.25) is 4.79 Å². The first-order valence-electron chi connectivity index (χ1n) is 9.20. The van der Waals surface area contributed by atoms with Crippen LogP contribution in [0.5, 0.6) is 5.75 Å². The Labute approximate surface area is 157 Å². The first kappa shape index (κ1) is 17.6. The molecule has 3 aromatic rings. The van der Waals surface area contributed by atoms with E-state index in [0.717, 1.165) is 29.4 Å². The number of carbonyl (C=O) groups excluding carboxylic acids is 1. The molecule has 4 rings (SSSR count). The Morgan fingerprint density at radius 3 is 2.78 bits per heavy atom. The second-order valence-corrected chi connectivity index (χ2v) is 7.09. The minimum absolute atomic E-state index is 0.123. The molecular weight excluding hydrogens is 345 g/mol. The highest BCUT2D eigenvalue weighted by molar-refractivity contribution is 5.88. The number of halogens is 1. The van der Waals surface area contributed by atoms with Crippen LogP contribution in [0, 0.1) is 5.82 Å². The maximum Gasteiger partial charge on any atom is 0.225 e. The third kappa shape index (κ3) is 3.42. The van der Waals surface area contributed by atoms with Crippen LogP contribution in [0.3, 0.4) is 0 Å². The van der Waals surface area contributed by atoms with Crippen molar-refractivity contribution in [2.75, 3.05) is 7.11 Å². The lowest BCUT2D eigenvalue weighted by Crippen LogP contribution is -2.28. The molecule has 27 heavy (non-hydrogen) atoms. The largest absolute Gasteiger partial charge is 0.494 e. The van der Waals surface area contributed by atoms with Crippen LogP contribution in [0.15, 0.2) is 41.0 Å². The number of methoxy groups -OCH3 is 1. The molecule has 4 nitrogen and oxygen atoms in total. The summed E-state index contributed by atoms with van der Waals surface area (Å²) in [6, 6.07) is 8.66. The second kappa shape index (κ2) is 7.06. The number of carbonyl (C=O) groups is 1. The van der Waals surface area contributed by atoms with E-state index in [-0.39, 0.29) is 24.1 Å². The maximum absolute atomic E-state index is 13.9. The van der Waals surface area contributed by atoms with Gasteiger partial charge in [0.2, 0.25) is 5.91 Å². The van der Waals surface area contributed by atoms with Crippen LogP contribution in [-0.4, -0.2) is 13.0 Å². The first-order valence-corrected chi connectivity index (χ1v) is 9.20. The fourth-order valence-corrected chi connectivity index (χ4v) is 3.79. The molecule has 0 fully saturated rings. The van der Waals surface area contributed by atoms with E-state index < -0.39 is 5.82 Å². The minimum Gasteiger partial charge on any atom is -0.494 e. The topological polar surface area (TPSA) is 51.5 Å². The van der Waals surface area contributed by atoms with Gasteiger partial charge >= 0.3 is 0 Å². The molecule has 0 radical (unpaired) electrons. The van der Waals surface area contributed by atoms with Crippen molar-refractivity contribution in [1.82, 2.24) is 5.32 Å². The summed E-state index contributed by atoms with van der Waals surface area (Å²) in [4.78, 5) is 12.5. The Morgan fingerprint density at radius 1 is 1.26 bits per heavy atom. The van der Waals surface area contributed by atoms with E-state index >= 15 is 0 Å². The number of benzene rings is 2. The Kier molecular flexibility index (Phi) is 4.60. The van der Waals surface area contributed by atoms with Gasteiger partial charge in [0, 0.05) is 10.9 Å². The van der Waals surface area contributed by atoms with Gasteiger partial charge in [0.05, 0.1) is 25.8 Å². The number of nitrogens with one attached hydrogen (secondary N) is 1. The van der Waals surface area contributed by atoms with Crippen molar-refractivity contribution in [1.29, 1.82) is 0 Å². The molecular formula is C22H22FNO3. The number of ether oxygens (including phenoxy) is 1. The van der Waals surface area contributed by atoms with Crippen LogP contribution >= 0.6 is 0 Å². The van der Waals surface area contributed by atoms with Gasteiger partial charge in [-0.2, -0.15) is 0 Å². The lowest BCUT2D eigenvalue weighted by molar-refractivity contribution is -0.121. The van der Waals surface area contributed by atoms with Crippen LogP contribution in [0.4, 0.5) is 4.39 Å². The van der Waals surface area contributed by atoms with Gasteiger partial charge in [-0.1, -0.05) is 6.07 Å². The van der Waals surface area contributed by atoms with E-state index in [9.17, 15) is 9.18 Å². The predicted molar refractivity (Wildman–Crippen MR) is 101 cm³/mol. The van der Waals surface area contributed by atoms with Crippen molar-refractivity contribution in [3.8, 4) is 5.75 Å². The molecule has 0 saturated carbocycles. The second-order valence-electron chi connectivity index (χ2n) is 7.09. The van der Waals surface area contributed by atoms with Gasteiger partial charge in [0.15, 0.2) is 11.6 Å². The molecule has 1 atom stereocenters. The number of fused-ring (bicyclic) bond motifs is 2. The molecule has 0 saturated heterocycles. The van der Waals surface area contributed by atoms with Crippen LogP contribution in [0.1, 0.15) is 41.6 Å². The molecule has 1 N–H and O–H groups in total. The average Bonchev–Trinajstić information content (AvgIpc) is 3.26. The SMILES string of the molecule is COc1ccc(C(C)NC(=O)Cc2coc3cc4c(cc23)CCC4)cc1F. The maximum atomic E-state index is 13.9. The van der Waals surface area contributed by atoms with Gasteiger partial charge in [-0.25, -0.2) is 4.39 Å². The summed E-state index contributed by atoms with van der Waals surface area (Å²) < 4.78 is 24.5. The summed E-state index contributed by atoms with van der Waals surface area (Å²) in [5.41, 5.74) is 5.11. The fraction of sp³-hybridized carbons (Fsp3) is 0.318. The third-order valence-electron chi connectivity index (χ3n) is 5.27. The normalized spacial score (nSPS) is 14.2. The summed E-state index contributed by atoms with van der Waals surface area (Å²) in [5, 5.41) is 3.94. The molecule has 1 aromatic heterocycles. The number of rotatable bonds is 5. The molecule has 2 aromatic carbocycles. The number of aryl methyl sites for hydroxylation is 2. The molecule has 1 amide bonds. The summed E-state index contributed by atoms with van der Waals surface area (Å²) in [7, 11) is 1.42. The monoisotopic (exact) mass is 367 g/mol. The molecule has 0 bridgehead atoms. The fourth-order valence-electron chi connectivity index (χ4n) is 3.79. The summed E-state index contributed by atoms with van der Waals surface area (Å²) in [6.45, 7) is 1.83. The molecule has 1 unspecified atom stereocenters. The molecule has 1 aliphatic rings. The Morgan fingerprint density at radius 2 is 2.04 bits per heavy atom. The quantitative estimate of drug-likeness (QED) is 0.723. The summed E-state index contributed by atoms with van der Waals surface area (Å²) >= 11 is 0. The van der Waals surface area contributed by atoms with Crippen LogP contribution in [0.25, 0.3) is 11.0 Å². The highest BCUT2D eigenvalue weighted by Gasteiger charge is 2.18. The van der Waals surface area contributed by atoms with E-state index in [0.29, 0.717) is 5.56 Å². The van der Waals surface area contributed by atoms with Gasteiger partial charge in [-0.05, 0) is 67.1 Å². The van der Waals surface area contributed by atoms with E-state index in [1.54, 1.807) is 18.4 Å². The molecule has 0 spiro atoms. The lowest BCUT2D eigenvalue weighted by atomic mass is 10.0. The number of amides is 1. The Balaban J connectivity index is 1.48. The first-order chi connectivity index (χ1) is 13.0. The number of hydrogen-bond donors (Lipinski definition) is 1. The molecule has 1 heterocycles. The Hall–Kier alpha value is -2.82. The van der Waals surface area contributed by atoms with Crippen molar-refractivity contribution in [2.24, 2.45) is 0 Å². The van der Waals surface area contributed by atoms with Crippen LogP contribution < -0.4 is 10.1 Å². The Bertz CT molecular complexity index is 1010. The standard InChI is InChI=1S/C22H22FNO3/c1-13(14-6-7-20(26-2)19(23)9-14)24-22(25)11-17-12-27-21-10-16-5-3-4-15(16)8-18(17)21/h6-10,12-13H,3-5,11H2,1-2H3,(H,24,25). The van der Waals surface area contributed by atoms with E-state index in [4.69, 9.17) is 9.15 Å². The van der Waals surface area contributed by atoms with Crippen molar-refractivity contribution < 1.29 is 18.3 Å². The van der Waals surface area contributed by atoms with Gasteiger partial charge in [0.25, 0.3) is 0 Å². The minimum atomic E-state index is -0.439. The highest BCUT2D eigenvalue weighted by atomic mass is 19.1. The predicted octanol–water partition coefficient (Wildman–Crippen LogP) is 4.49. The molecule has 5 heteroatoms. The van der Waals surface area contributed by atoms with E-state index in [2.05, 4.69) is 17.4 Å². The van der Waals surface area contributed by atoms with Gasteiger partial charge in [0.1, 0.15) is 5.58 Å². The summed E-state index contributed by atoms with van der Waals surface area (Å²) in [5.74, 6) is -0.373. The van der Waals surface area contributed by atoms with Crippen LogP contribution in [0.2, 0.25) is 0 Å². The molecule has 140 valence electrons. The van der Waals surface area contributed by atoms with Crippen LogP contribution in [-0.2, 0) is 24.1 Å². The van der Waals surface area contributed by atoms with Crippen molar-refractivity contribution in [3.63, 3.8) is 0 Å². The van der Waals surface area contributed by atoms with Gasteiger partial charge < -0.3 is 14.5 Å². The van der Waals surface area contributed by atoms with Crippen molar-refractivity contribution >= 4 is 16.9 Å². The average molecular weight is 367 g/mol. The summed E-state index contributed by atoms with van der Waals surface area (Å²) in [6.07, 6.45) is 5.25. The lowest BCUT2D eigenvalue weighted by Gasteiger charge is -2.15. The highest BCUT2D eigenvalue weighted by Crippen LogP contribution is 2.30. The number of hydrogen-bond acceptors (Lipinski definition) is 3.